The van der Waals surface area contributed by atoms with Gasteiger partial charge in [-0.2, -0.15) is 0 Å². The molecule has 28 heavy (non-hydrogen) atoms. The number of aromatic nitrogens is 3. The van der Waals surface area contributed by atoms with Crippen molar-refractivity contribution in [1.82, 2.24) is 14.0 Å². The van der Waals surface area contributed by atoms with Gasteiger partial charge in [-0.1, -0.05) is 17.7 Å². The lowest BCUT2D eigenvalue weighted by Crippen LogP contribution is -2.13. The normalized spacial score (nSPS) is 14.1. The maximum absolute atomic E-state index is 12.5. The Hall–Kier alpha value is -2.86. The number of hydrogen-bond donors (Lipinski definition) is 0. The van der Waals surface area contributed by atoms with Crippen molar-refractivity contribution in [2.45, 2.75) is 32.7 Å². The Labute approximate surface area is 167 Å². The lowest BCUT2D eigenvalue weighted by molar-refractivity contribution is -0.136. The van der Waals surface area contributed by atoms with E-state index in [0.29, 0.717) is 28.1 Å². The van der Waals surface area contributed by atoms with Crippen LogP contribution in [0.5, 0.6) is 0 Å². The number of rotatable bonds is 6. The molecule has 3 heterocycles. The average Bonchev–Trinajstić information content (AvgIpc) is 3.38. The predicted molar refractivity (Wildman–Crippen MR) is 107 cm³/mol. The molecule has 1 aliphatic carbocycles. The van der Waals surface area contributed by atoms with Crippen LogP contribution in [0, 0.1) is 13.8 Å². The zero-order valence-corrected chi connectivity index (χ0v) is 16.4. The topological polar surface area (TPSA) is 65.6 Å². The molecule has 0 spiro atoms. The van der Waals surface area contributed by atoms with Gasteiger partial charge in [0.15, 0.2) is 11.8 Å². The van der Waals surface area contributed by atoms with E-state index >= 15 is 0 Å². The Morgan fingerprint density at radius 2 is 2.11 bits per heavy atom. The number of carbonyl (C=O) groups excluding carboxylic acids is 2. The fraction of sp³-hybridized carbons (Fsp3) is 0.286. The molecule has 3 aromatic rings. The molecule has 0 radical (unpaired) electrons. The largest absolute Gasteiger partial charge is 0.454 e. The smallest absolute Gasteiger partial charge is 0.331 e. The highest BCUT2D eigenvalue weighted by Crippen LogP contribution is 2.38. The minimum atomic E-state index is -0.605. The lowest BCUT2D eigenvalue weighted by Gasteiger charge is -2.07. The Balaban J connectivity index is 1.42. The van der Waals surface area contributed by atoms with Crippen molar-refractivity contribution in [2.24, 2.45) is 0 Å². The zero-order valence-electron chi connectivity index (χ0n) is 15.7. The van der Waals surface area contributed by atoms with E-state index in [-0.39, 0.29) is 12.4 Å². The van der Waals surface area contributed by atoms with E-state index in [0.717, 1.165) is 24.2 Å². The summed E-state index contributed by atoms with van der Waals surface area (Å²) in [6.07, 6.45) is 6.89. The molecule has 1 aliphatic rings. The van der Waals surface area contributed by atoms with Crippen molar-refractivity contribution >= 4 is 35.1 Å². The Kier molecular flexibility index (Phi) is 4.81. The molecule has 0 amide bonds. The molecule has 0 N–H and O–H groups in total. The van der Waals surface area contributed by atoms with E-state index in [1.165, 1.54) is 12.2 Å². The monoisotopic (exact) mass is 397 g/mol. The number of fused-ring (bicyclic) bond motifs is 1. The number of ether oxygens (including phenoxy) is 1. The van der Waals surface area contributed by atoms with Crippen LogP contribution in [-0.4, -0.2) is 32.3 Å². The summed E-state index contributed by atoms with van der Waals surface area (Å²) in [6.45, 7) is 3.64. The van der Waals surface area contributed by atoms with Crippen LogP contribution in [0.2, 0.25) is 5.15 Å². The van der Waals surface area contributed by atoms with Crippen molar-refractivity contribution in [3.8, 4) is 0 Å². The summed E-state index contributed by atoms with van der Waals surface area (Å²) >= 11 is 6.13. The maximum atomic E-state index is 12.5. The van der Waals surface area contributed by atoms with Crippen molar-refractivity contribution in [3.63, 3.8) is 0 Å². The molecule has 6 nitrogen and oxygen atoms in total. The van der Waals surface area contributed by atoms with Gasteiger partial charge >= 0.3 is 5.97 Å². The standard InChI is InChI=1S/C21H20ClN3O3/c1-13-11-16(14(2)25(13)15-6-7-15)18(26)12-28-20(27)9-8-17-21(22)23-19-5-3-4-10-24(17)19/h3-5,8-11,15H,6-7,12H2,1-2H3/b9-8+. The molecule has 0 saturated heterocycles. The van der Waals surface area contributed by atoms with Crippen LogP contribution >= 0.6 is 11.6 Å². The maximum Gasteiger partial charge on any atom is 0.331 e. The molecule has 4 rings (SSSR count). The SMILES string of the molecule is Cc1cc(C(=O)COC(=O)/C=C/c2c(Cl)nc3ccccn23)c(C)n1C1CC1. The number of imidazole rings is 1. The Bertz CT molecular complexity index is 1110. The van der Waals surface area contributed by atoms with Gasteiger partial charge in [0.2, 0.25) is 5.78 Å². The van der Waals surface area contributed by atoms with Crippen LogP contribution in [-0.2, 0) is 9.53 Å². The molecular weight excluding hydrogens is 378 g/mol. The Morgan fingerprint density at radius 1 is 1.32 bits per heavy atom. The van der Waals surface area contributed by atoms with E-state index in [4.69, 9.17) is 16.3 Å². The summed E-state index contributed by atoms with van der Waals surface area (Å²) < 4.78 is 9.10. The number of Topliss-reactive ketones (excluding diaryl/α,β-unsaturated/α-hetero) is 1. The van der Waals surface area contributed by atoms with Crippen LogP contribution in [0.1, 0.15) is 46.3 Å². The van der Waals surface area contributed by atoms with E-state index in [9.17, 15) is 9.59 Å². The van der Waals surface area contributed by atoms with Gasteiger partial charge in [-0.05, 0) is 51.0 Å². The molecule has 0 aromatic carbocycles. The molecule has 7 heteroatoms. The first-order valence-corrected chi connectivity index (χ1v) is 9.52. The Morgan fingerprint density at radius 3 is 2.86 bits per heavy atom. The van der Waals surface area contributed by atoms with Crippen molar-refractivity contribution in [2.75, 3.05) is 6.61 Å². The number of hydrogen-bond acceptors (Lipinski definition) is 4. The van der Waals surface area contributed by atoms with Gasteiger partial charge in [-0.25, -0.2) is 9.78 Å². The highest BCUT2D eigenvalue weighted by Gasteiger charge is 2.28. The third-order valence-corrected chi connectivity index (χ3v) is 5.22. The zero-order chi connectivity index (χ0) is 19.8. The van der Waals surface area contributed by atoms with Crippen LogP contribution in [0.25, 0.3) is 11.7 Å². The molecule has 1 saturated carbocycles. The molecule has 0 unspecified atom stereocenters. The van der Waals surface area contributed by atoms with Crippen LogP contribution in [0.15, 0.2) is 36.5 Å². The number of esters is 1. The molecule has 144 valence electrons. The van der Waals surface area contributed by atoms with E-state index in [1.807, 2.05) is 38.1 Å². The number of ketones is 1. The highest BCUT2D eigenvalue weighted by molar-refractivity contribution is 6.31. The molecular formula is C21H20ClN3O3. The quantitative estimate of drug-likeness (QED) is 0.355. The van der Waals surface area contributed by atoms with Gasteiger partial charge in [0.05, 0.1) is 5.69 Å². The van der Waals surface area contributed by atoms with Gasteiger partial charge in [-0.15, -0.1) is 0 Å². The van der Waals surface area contributed by atoms with Gasteiger partial charge in [0, 0.05) is 35.3 Å². The number of pyridine rings is 1. The molecule has 0 bridgehead atoms. The lowest BCUT2D eigenvalue weighted by atomic mass is 10.1. The summed E-state index contributed by atoms with van der Waals surface area (Å²) in [7, 11) is 0. The van der Waals surface area contributed by atoms with Gasteiger partial charge in [-0.3, -0.25) is 9.20 Å². The molecule has 3 aromatic heterocycles. The van der Waals surface area contributed by atoms with Crippen molar-refractivity contribution in [1.29, 1.82) is 0 Å². The minimum Gasteiger partial charge on any atom is -0.454 e. The fourth-order valence-electron chi connectivity index (χ4n) is 3.50. The minimum absolute atomic E-state index is 0.199. The first-order valence-electron chi connectivity index (χ1n) is 9.14. The third-order valence-electron chi connectivity index (χ3n) is 4.94. The number of nitrogens with zero attached hydrogens (tertiary/aromatic N) is 3. The molecule has 0 atom stereocenters. The highest BCUT2D eigenvalue weighted by atomic mass is 35.5. The second-order valence-electron chi connectivity index (χ2n) is 6.97. The summed E-state index contributed by atoms with van der Waals surface area (Å²) in [6, 6.07) is 7.89. The van der Waals surface area contributed by atoms with Crippen LogP contribution in [0.4, 0.5) is 0 Å². The molecule has 1 fully saturated rings. The summed E-state index contributed by atoms with van der Waals surface area (Å²) in [5, 5.41) is 0.291. The van der Waals surface area contributed by atoms with Gasteiger partial charge in [0.1, 0.15) is 5.65 Å². The predicted octanol–water partition coefficient (Wildman–Crippen LogP) is 4.18. The van der Waals surface area contributed by atoms with Gasteiger partial charge in [0.25, 0.3) is 0 Å². The third kappa shape index (κ3) is 3.47. The van der Waals surface area contributed by atoms with Crippen molar-refractivity contribution in [3.05, 3.63) is 64.3 Å². The second kappa shape index (κ2) is 7.28. The summed E-state index contributed by atoms with van der Waals surface area (Å²) in [4.78, 5) is 28.8. The average molecular weight is 398 g/mol. The van der Waals surface area contributed by atoms with Crippen LogP contribution in [0.3, 0.4) is 0 Å². The first kappa shape index (κ1) is 18.5. The van der Waals surface area contributed by atoms with E-state index in [2.05, 4.69) is 9.55 Å². The number of aryl methyl sites for hydroxylation is 1. The van der Waals surface area contributed by atoms with E-state index in [1.54, 1.807) is 10.6 Å². The van der Waals surface area contributed by atoms with Crippen LogP contribution < -0.4 is 0 Å². The van der Waals surface area contributed by atoms with Crippen molar-refractivity contribution < 1.29 is 14.3 Å². The molecule has 0 aliphatic heterocycles. The number of carbonyl (C=O) groups is 2. The second-order valence-corrected chi connectivity index (χ2v) is 7.32. The fourth-order valence-corrected chi connectivity index (χ4v) is 3.74. The summed E-state index contributed by atoms with van der Waals surface area (Å²) in [5.41, 5.74) is 3.88. The first-order chi connectivity index (χ1) is 13.5. The summed E-state index contributed by atoms with van der Waals surface area (Å²) in [5.74, 6) is -0.805. The van der Waals surface area contributed by atoms with E-state index < -0.39 is 5.97 Å². The van der Waals surface area contributed by atoms with Gasteiger partial charge < -0.3 is 9.30 Å². The number of halogens is 1.